The molecule has 1 aromatic carbocycles. The van der Waals surface area contributed by atoms with E-state index in [-0.39, 0.29) is 0 Å². The largest absolute Gasteiger partial charge is 0.142 e. The molecule has 2 aromatic heterocycles. The molecule has 0 saturated carbocycles. The molecule has 18 heavy (non-hydrogen) atoms. The molecule has 0 atom stereocenters. The van der Waals surface area contributed by atoms with Crippen molar-refractivity contribution in [2.24, 2.45) is 0 Å². The quantitative estimate of drug-likeness (QED) is 0.510. The monoisotopic (exact) mass is 266 g/mol. The molecule has 0 saturated heterocycles. The van der Waals surface area contributed by atoms with Gasteiger partial charge in [0.2, 0.25) is 0 Å². The summed E-state index contributed by atoms with van der Waals surface area (Å²) in [5, 5.41) is 6.72. The van der Waals surface area contributed by atoms with Crippen molar-refractivity contribution in [3.8, 4) is 23.7 Å². The fourth-order valence-corrected chi connectivity index (χ4v) is 3.97. The Balaban J connectivity index is 2.62. The Morgan fingerprint density at radius 1 is 0.778 bits per heavy atom. The molecule has 0 bridgehead atoms. The van der Waals surface area contributed by atoms with Crippen LogP contribution in [0.15, 0.2) is 22.9 Å². The number of hydrogen-bond acceptors (Lipinski definition) is 2. The van der Waals surface area contributed by atoms with Gasteiger partial charge in [0.25, 0.3) is 0 Å². The van der Waals surface area contributed by atoms with Gasteiger partial charge in [-0.15, -0.1) is 34.5 Å². The summed E-state index contributed by atoms with van der Waals surface area (Å²) in [6.45, 7) is 3.77. The van der Waals surface area contributed by atoms with E-state index in [1.807, 2.05) is 13.8 Å². The molecule has 3 aromatic rings. The standard InChI is InChI=1S/C16H10S2/c1-3-5-11-13-7-9-18-16(13)12(6-4-2)14-8-10-17-15(11)14/h7-10H,1-2H3. The lowest BCUT2D eigenvalue weighted by Crippen LogP contribution is -1.83. The highest BCUT2D eigenvalue weighted by molar-refractivity contribution is 7.19. The van der Waals surface area contributed by atoms with Gasteiger partial charge in [-0.05, 0) is 36.7 Å². The number of thiophene rings is 2. The van der Waals surface area contributed by atoms with Crippen LogP contribution in [0.5, 0.6) is 0 Å². The lowest BCUT2D eigenvalue weighted by molar-refractivity contribution is 1.83. The van der Waals surface area contributed by atoms with Crippen LogP contribution in [0.4, 0.5) is 0 Å². The summed E-state index contributed by atoms with van der Waals surface area (Å²) in [6, 6.07) is 4.30. The summed E-state index contributed by atoms with van der Waals surface area (Å²) >= 11 is 3.49. The van der Waals surface area contributed by atoms with Crippen molar-refractivity contribution in [2.45, 2.75) is 13.8 Å². The molecule has 0 N–H and O–H groups in total. The molecule has 0 radical (unpaired) electrons. The zero-order valence-electron chi connectivity index (χ0n) is 10.1. The first kappa shape index (κ1) is 11.4. The Hall–Kier alpha value is -1.74. The van der Waals surface area contributed by atoms with Crippen LogP contribution in [0.1, 0.15) is 25.0 Å². The van der Waals surface area contributed by atoms with Crippen molar-refractivity contribution in [1.29, 1.82) is 0 Å². The van der Waals surface area contributed by atoms with Gasteiger partial charge in [-0.2, -0.15) is 0 Å². The van der Waals surface area contributed by atoms with Crippen LogP contribution in [0.25, 0.3) is 20.2 Å². The van der Waals surface area contributed by atoms with Gasteiger partial charge in [-0.3, -0.25) is 0 Å². The van der Waals surface area contributed by atoms with Gasteiger partial charge in [0.05, 0.1) is 20.5 Å². The highest BCUT2D eigenvalue weighted by Crippen LogP contribution is 2.37. The van der Waals surface area contributed by atoms with Crippen molar-refractivity contribution in [1.82, 2.24) is 0 Å². The number of rotatable bonds is 0. The van der Waals surface area contributed by atoms with Gasteiger partial charge in [-0.1, -0.05) is 11.8 Å². The van der Waals surface area contributed by atoms with E-state index in [0.29, 0.717) is 0 Å². The third-order valence-electron chi connectivity index (χ3n) is 2.82. The maximum atomic E-state index is 3.25. The second-order valence-corrected chi connectivity index (χ2v) is 5.66. The first-order valence-electron chi connectivity index (χ1n) is 5.62. The first-order valence-corrected chi connectivity index (χ1v) is 7.38. The summed E-state index contributed by atoms with van der Waals surface area (Å²) < 4.78 is 2.51. The molecule has 0 spiro atoms. The van der Waals surface area contributed by atoms with Gasteiger partial charge in [0.15, 0.2) is 0 Å². The Morgan fingerprint density at radius 3 is 1.61 bits per heavy atom. The Morgan fingerprint density at radius 2 is 1.22 bits per heavy atom. The van der Waals surface area contributed by atoms with Gasteiger partial charge in [-0.25, -0.2) is 0 Å². The molecule has 0 aliphatic carbocycles. The van der Waals surface area contributed by atoms with Crippen LogP contribution in [-0.4, -0.2) is 0 Å². The van der Waals surface area contributed by atoms with E-state index in [1.165, 1.54) is 20.2 Å². The molecule has 2 heteroatoms. The zero-order valence-corrected chi connectivity index (χ0v) is 11.8. The molecular formula is C16H10S2. The summed E-state index contributed by atoms with van der Waals surface area (Å²) in [5.41, 5.74) is 2.31. The average molecular weight is 266 g/mol. The highest BCUT2D eigenvalue weighted by atomic mass is 32.1. The Labute approximate surface area is 114 Å². The topological polar surface area (TPSA) is 0 Å². The number of benzene rings is 1. The van der Waals surface area contributed by atoms with Gasteiger partial charge in [0.1, 0.15) is 0 Å². The van der Waals surface area contributed by atoms with Crippen molar-refractivity contribution >= 4 is 42.8 Å². The van der Waals surface area contributed by atoms with Crippen LogP contribution in [0.3, 0.4) is 0 Å². The minimum atomic E-state index is 1.15. The fraction of sp³-hybridized carbons (Fsp3) is 0.125. The predicted octanol–water partition coefficient (Wildman–Crippen LogP) is 4.86. The molecule has 0 aliphatic heterocycles. The van der Waals surface area contributed by atoms with Crippen LogP contribution in [0.2, 0.25) is 0 Å². The van der Waals surface area contributed by atoms with Gasteiger partial charge in [0, 0.05) is 10.8 Å². The minimum Gasteiger partial charge on any atom is -0.142 e. The highest BCUT2D eigenvalue weighted by Gasteiger charge is 2.13. The Kier molecular flexibility index (Phi) is 2.84. The van der Waals surface area contributed by atoms with E-state index in [1.54, 1.807) is 22.7 Å². The molecule has 0 unspecified atom stereocenters. The molecular weight excluding hydrogens is 256 g/mol. The van der Waals surface area contributed by atoms with E-state index < -0.39 is 0 Å². The molecule has 3 rings (SSSR count). The third-order valence-corrected chi connectivity index (χ3v) is 4.69. The van der Waals surface area contributed by atoms with Crippen molar-refractivity contribution in [2.75, 3.05) is 0 Å². The van der Waals surface area contributed by atoms with Gasteiger partial charge >= 0.3 is 0 Å². The maximum absolute atomic E-state index is 3.25. The lowest BCUT2D eigenvalue weighted by Gasteiger charge is -2.02. The zero-order chi connectivity index (χ0) is 12.5. The van der Waals surface area contributed by atoms with E-state index in [9.17, 15) is 0 Å². The molecule has 2 heterocycles. The Bertz CT molecular complexity index is 734. The van der Waals surface area contributed by atoms with Crippen LogP contribution < -0.4 is 0 Å². The summed E-state index contributed by atoms with van der Waals surface area (Å²) in [5.74, 6) is 12.6. The number of fused-ring (bicyclic) bond motifs is 2. The lowest BCUT2D eigenvalue weighted by atomic mass is 10.0. The van der Waals surface area contributed by atoms with E-state index in [4.69, 9.17) is 0 Å². The number of hydrogen-bond donors (Lipinski definition) is 0. The normalized spacial score (nSPS) is 9.89. The van der Waals surface area contributed by atoms with Crippen LogP contribution in [-0.2, 0) is 0 Å². The van der Waals surface area contributed by atoms with Crippen molar-refractivity contribution < 1.29 is 0 Å². The van der Waals surface area contributed by atoms with E-state index in [0.717, 1.165) is 11.1 Å². The molecule has 0 fully saturated rings. The molecule has 0 aliphatic rings. The van der Waals surface area contributed by atoms with Crippen LogP contribution in [0, 0.1) is 23.7 Å². The second-order valence-electron chi connectivity index (χ2n) is 3.83. The SMILES string of the molecule is CC#Cc1c2ccsc2c(C#CC)c2ccsc12. The summed E-state index contributed by atoms with van der Waals surface area (Å²) in [7, 11) is 0. The molecule has 0 nitrogen and oxygen atoms in total. The first-order chi connectivity index (χ1) is 8.86. The second kappa shape index (κ2) is 4.50. The van der Waals surface area contributed by atoms with E-state index >= 15 is 0 Å². The predicted molar refractivity (Wildman–Crippen MR) is 82.3 cm³/mol. The molecule has 86 valence electrons. The maximum Gasteiger partial charge on any atom is 0.0518 e. The van der Waals surface area contributed by atoms with Crippen molar-refractivity contribution in [3.05, 3.63) is 34.0 Å². The minimum absolute atomic E-state index is 1.15. The van der Waals surface area contributed by atoms with E-state index in [2.05, 4.69) is 46.6 Å². The van der Waals surface area contributed by atoms with Crippen LogP contribution >= 0.6 is 22.7 Å². The molecule has 0 amide bonds. The third kappa shape index (κ3) is 1.55. The average Bonchev–Trinajstić information content (AvgIpc) is 3.01. The van der Waals surface area contributed by atoms with Gasteiger partial charge < -0.3 is 0 Å². The smallest absolute Gasteiger partial charge is 0.0518 e. The summed E-state index contributed by atoms with van der Waals surface area (Å²) in [6.07, 6.45) is 0. The van der Waals surface area contributed by atoms with Crippen molar-refractivity contribution in [3.63, 3.8) is 0 Å². The summed E-state index contributed by atoms with van der Waals surface area (Å²) in [4.78, 5) is 0. The fourth-order valence-electron chi connectivity index (χ4n) is 2.14.